The second kappa shape index (κ2) is 8.64. The maximum atomic E-state index is 10.7. The predicted molar refractivity (Wildman–Crippen MR) is 105 cm³/mol. The summed E-state index contributed by atoms with van der Waals surface area (Å²) in [6, 6.07) is 12.9. The van der Waals surface area contributed by atoms with Crippen molar-refractivity contribution in [2.45, 2.75) is 11.7 Å². The molecular formula is C18H16ClN5OS. The van der Waals surface area contributed by atoms with Crippen LogP contribution in [0.5, 0.6) is 0 Å². The Labute approximate surface area is 160 Å². The van der Waals surface area contributed by atoms with Crippen LogP contribution >= 0.6 is 23.4 Å². The number of rotatable bonds is 7. The minimum Gasteiger partial charge on any atom is -0.366 e. The fourth-order valence-corrected chi connectivity index (χ4v) is 2.65. The van der Waals surface area contributed by atoms with Gasteiger partial charge in [-0.3, -0.25) is 4.79 Å². The number of anilines is 3. The Kier molecular flexibility index (Phi) is 6.04. The molecule has 0 amide bonds. The smallest absolute Gasteiger partial charge is 0.191 e. The van der Waals surface area contributed by atoms with Crippen molar-refractivity contribution in [3.05, 3.63) is 64.8 Å². The van der Waals surface area contributed by atoms with E-state index in [0.717, 1.165) is 11.8 Å². The van der Waals surface area contributed by atoms with Gasteiger partial charge in [0.15, 0.2) is 11.4 Å². The van der Waals surface area contributed by atoms with Crippen LogP contribution in [-0.2, 0) is 6.54 Å². The lowest BCUT2D eigenvalue weighted by Gasteiger charge is -2.10. The zero-order chi connectivity index (χ0) is 18.4. The molecule has 0 saturated heterocycles. The number of hydrogen-bond donors (Lipinski definition) is 2. The number of pyridine rings is 1. The molecule has 132 valence electrons. The summed E-state index contributed by atoms with van der Waals surface area (Å²) >= 11 is 7.36. The maximum absolute atomic E-state index is 10.7. The molecule has 0 unspecified atom stereocenters. The van der Waals surface area contributed by atoms with Gasteiger partial charge in [-0.1, -0.05) is 35.5 Å². The summed E-state index contributed by atoms with van der Waals surface area (Å²) in [6.45, 7) is 0.619. The summed E-state index contributed by atoms with van der Waals surface area (Å²) in [6.07, 6.45) is 4.18. The molecule has 1 aromatic carbocycles. The quantitative estimate of drug-likeness (QED) is 0.354. The van der Waals surface area contributed by atoms with E-state index >= 15 is 0 Å². The number of aromatic nitrogens is 3. The van der Waals surface area contributed by atoms with Crippen LogP contribution in [0.1, 0.15) is 15.9 Å². The van der Waals surface area contributed by atoms with E-state index in [0.29, 0.717) is 39.7 Å². The highest BCUT2D eigenvalue weighted by Gasteiger charge is 2.06. The second-order valence-corrected chi connectivity index (χ2v) is 6.53. The molecule has 0 radical (unpaired) electrons. The Morgan fingerprint density at radius 1 is 1.08 bits per heavy atom. The summed E-state index contributed by atoms with van der Waals surface area (Å²) in [7, 11) is 0. The van der Waals surface area contributed by atoms with Crippen molar-refractivity contribution in [3.63, 3.8) is 0 Å². The molecule has 0 bridgehead atoms. The lowest BCUT2D eigenvalue weighted by molar-refractivity contribution is 0.112. The van der Waals surface area contributed by atoms with Crippen molar-refractivity contribution < 1.29 is 4.79 Å². The Bertz CT molecular complexity index is 887. The van der Waals surface area contributed by atoms with Gasteiger partial charge in [0.25, 0.3) is 0 Å². The molecule has 2 heterocycles. The van der Waals surface area contributed by atoms with Crippen molar-refractivity contribution in [2.24, 2.45) is 0 Å². The lowest BCUT2D eigenvalue weighted by atomic mass is 10.2. The first-order valence-electron chi connectivity index (χ1n) is 7.76. The molecule has 26 heavy (non-hydrogen) atoms. The molecule has 0 saturated carbocycles. The second-order valence-electron chi connectivity index (χ2n) is 5.32. The Balaban J connectivity index is 1.74. The van der Waals surface area contributed by atoms with Crippen LogP contribution in [0.25, 0.3) is 0 Å². The molecule has 3 rings (SSSR count). The van der Waals surface area contributed by atoms with E-state index in [1.165, 1.54) is 18.0 Å². The topological polar surface area (TPSA) is 79.8 Å². The van der Waals surface area contributed by atoms with Crippen molar-refractivity contribution >= 4 is 47.1 Å². The van der Waals surface area contributed by atoms with E-state index < -0.39 is 0 Å². The number of nitrogens with one attached hydrogen (secondary N) is 2. The summed E-state index contributed by atoms with van der Waals surface area (Å²) < 4.78 is 0. The number of thioether (sulfide) groups is 1. The number of nitrogens with zero attached hydrogens (tertiary/aromatic N) is 3. The third-order valence-corrected chi connectivity index (χ3v) is 4.25. The first-order chi connectivity index (χ1) is 12.7. The molecule has 0 aliphatic carbocycles. The van der Waals surface area contributed by atoms with Crippen LogP contribution < -0.4 is 10.6 Å². The largest absolute Gasteiger partial charge is 0.366 e. The molecule has 0 atom stereocenters. The highest BCUT2D eigenvalue weighted by atomic mass is 35.5. The molecular weight excluding hydrogens is 370 g/mol. The van der Waals surface area contributed by atoms with Crippen molar-refractivity contribution in [1.29, 1.82) is 0 Å². The maximum Gasteiger partial charge on any atom is 0.191 e. The first-order valence-corrected chi connectivity index (χ1v) is 9.36. The van der Waals surface area contributed by atoms with E-state index in [9.17, 15) is 4.79 Å². The molecule has 0 fully saturated rings. The zero-order valence-electron chi connectivity index (χ0n) is 13.9. The predicted octanol–water partition coefficient (Wildman–Crippen LogP) is 4.42. The van der Waals surface area contributed by atoms with Gasteiger partial charge >= 0.3 is 0 Å². The fourth-order valence-electron chi connectivity index (χ4n) is 2.15. The van der Waals surface area contributed by atoms with E-state index in [1.807, 2.05) is 36.6 Å². The number of aldehydes is 1. The van der Waals surface area contributed by atoms with E-state index in [-0.39, 0.29) is 0 Å². The van der Waals surface area contributed by atoms with Gasteiger partial charge < -0.3 is 10.6 Å². The summed E-state index contributed by atoms with van der Waals surface area (Å²) in [5.41, 5.74) is 1.62. The molecule has 2 N–H and O–H groups in total. The number of halogens is 1. The summed E-state index contributed by atoms with van der Waals surface area (Å²) in [4.78, 5) is 23.8. The molecule has 2 aromatic heterocycles. The Morgan fingerprint density at radius 2 is 1.85 bits per heavy atom. The normalized spacial score (nSPS) is 10.4. The molecule has 6 nitrogen and oxygen atoms in total. The van der Waals surface area contributed by atoms with Gasteiger partial charge in [0.2, 0.25) is 0 Å². The minimum absolute atomic E-state index is 0.522. The Hall–Kier alpha value is -2.64. The van der Waals surface area contributed by atoms with Crippen molar-refractivity contribution in [1.82, 2.24) is 15.0 Å². The van der Waals surface area contributed by atoms with Crippen molar-refractivity contribution in [2.75, 3.05) is 16.9 Å². The number of carbonyl (C=O) groups excluding carboxylic acids is 1. The van der Waals surface area contributed by atoms with E-state index in [4.69, 9.17) is 11.6 Å². The van der Waals surface area contributed by atoms with E-state index in [1.54, 1.807) is 12.1 Å². The van der Waals surface area contributed by atoms with Crippen molar-refractivity contribution in [3.8, 4) is 0 Å². The van der Waals surface area contributed by atoms with Gasteiger partial charge in [-0.15, -0.1) is 0 Å². The SMILES string of the molecule is CSc1nc(NCc2ccc(Cl)cc2)cc(Nc2ccc(C=O)cn2)n1. The highest BCUT2D eigenvalue weighted by Crippen LogP contribution is 2.21. The average Bonchev–Trinajstić information content (AvgIpc) is 2.68. The molecule has 0 aliphatic rings. The lowest BCUT2D eigenvalue weighted by Crippen LogP contribution is -2.05. The van der Waals surface area contributed by atoms with Gasteiger partial charge in [-0.25, -0.2) is 15.0 Å². The van der Waals surface area contributed by atoms with Gasteiger partial charge in [0, 0.05) is 29.4 Å². The van der Waals surface area contributed by atoms with Gasteiger partial charge in [0.1, 0.15) is 17.5 Å². The summed E-state index contributed by atoms with van der Waals surface area (Å²) in [5, 5.41) is 7.76. The summed E-state index contributed by atoms with van der Waals surface area (Å²) in [5.74, 6) is 1.92. The van der Waals surface area contributed by atoms with Gasteiger partial charge in [-0.2, -0.15) is 0 Å². The van der Waals surface area contributed by atoms with Crippen LogP contribution in [0, 0.1) is 0 Å². The average molecular weight is 386 g/mol. The molecule has 0 aliphatic heterocycles. The van der Waals surface area contributed by atoms with Crippen LogP contribution in [0.3, 0.4) is 0 Å². The van der Waals surface area contributed by atoms with Crippen LogP contribution in [0.2, 0.25) is 5.02 Å². The standard InChI is InChI=1S/C18H16ClN5OS/c1-26-18-23-16(21-9-12-2-5-14(19)6-3-12)8-17(24-18)22-15-7-4-13(11-25)10-20-15/h2-8,10-11H,9H2,1H3,(H2,20,21,22,23,24). The van der Waals surface area contributed by atoms with Crippen LogP contribution in [-0.4, -0.2) is 27.5 Å². The Morgan fingerprint density at radius 3 is 2.50 bits per heavy atom. The number of hydrogen-bond acceptors (Lipinski definition) is 7. The monoisotopic (exact) mass is 385 g/mol. The molecule has 3 aromatic rings. The minimum atomic E-state index is 0.522. The van der Waals surface area contributed by atoms with E-state index in [2.05, 4.69) is 25.6 Å². The highest BCUT2D eigenvalue weighted by molar-refractivity contribution is 7.98. The van der Waals surface area contributed by atoms with Crippen LogP contribution in [0.4, 0.5) is 17.5 Å². The fraction of sp³-hybridized carbons (Fsp3) is 0.111. The number of benzene rings is 1. The zero-order valence-corrected chi connectivity index (χ0v) is 15.5. The third kappa shape index (κ3) is 4.93. The van der Waals surface area contributed by atoms with Crippen LogP contribution in [0.15, 0.2) is 53.8 Å². The molecule has 0 spiro atoms. The van der Waals surface area contributed by atoms with Gasteiger partial charge in [0.05, 0.1) is 0 Å². The number of carbonyl (C=O) groups is 1. The van der Waals surface area contributed by atoms with Gasteiger partial charge in [-0.05, 0) is 36.1 Å². The molecule has 8 heteroatoms. The third-order valence-electron chi connectivity index (χ3n) is 3.45. The first kappa shape index (κ1) is 18.2.